The van der Waals surface area contributed by atoms with Crippen LogP contribution in [0.15, 0.2) is 24.5 Å². The molecule has 132 valence electrons. The van der Waals surface area contributed by atoms with E-state index in [0.717, 1.165) is 37.7 Å². The van der Waals surface area contributed by atoms with Crippen molar-refractivity contribution in [2.24, 2.45) is 0 Å². The van der Waals surface area contributed by atoms with Crippen LogP contribution in [0.25, 0.3) is 0 Å². The van der Waals surface area contributed by atoms with Crippen LogP contribution in [0.3, 0.4) is 0 Å². The predicted molar refractivity (Wildman–Crippen MR) is 98.3 cm³/mol. The number of carbonyl (C=O) groups is 2. The van der Waals surface area contributed by atoms with E-state index in [1.807, 2.05) is 13.8 Å². The predicted octanol–water partition coefficient (Wildman–Crippen LogP) is 4.23. The number of hydrogen-bond acceptors (Lipinski definition) is 5. The lowest BCUT2D eigenvalue weighted by atomic mass is 10.1. The average molecular weight is 358 g/mol. The van der Waals surface area contributed by atoms with Crippen molar-refractivity contribution in [1.29, 1.82) is 0 Å². The molecule has 2 aromatic heterocycles. The van der Waals surface area contributed by atoms with Crippen LogP contribution in [-0.4, -0.2) is 23.0 Å². The summed E-state index contributed by atoms with van der Waals surface area (Å²) in [5.41, 5.74) is 2.05. The number of aryl methyl sites for hydroxylation is 1. The molecule has 0 aromatic carbocycles. The highest BCUT2D eigenvalue weighted by atomic mass is 32.1. The number of nitrogens with zero attached hydrogens (tertiary/aromatic N) is 1. The fraction of sp³-hybridized carbons (Fsp3) is 0.421. The molecule has 0 saturated carbocycles. The molecule has 3 rings (SSSR count). The topological polar surface area (TPSA) is 68.3 Å². The molecule has 0 bridgehead atoms. The first-order chi connectivity index (χ1) is 12.1. The van der Waals surface area contributed by atoms with Gasteiger partial charge in [0.25, 0.3) is 5.91 Å². The first-order valence-corrected chi connectivity index (χ1v) is 9.45. The molecule has 5 nitrogen and oxygen atoms in total. The van der Waals surface area contributed by atoms with E-state index in [-0.39, 0.29) is 18.0 Å². The van der Waals surface area contributed by atoms with E-state index in [1.165, 1.54) is 22.4 Å². The number of fused-ring (bicyclic) bond motifs is 1. The number of nitrogens with one attached hydrogen (secondary N) is 1. The van der Waals surface area contributed by atoms with Crippen LogP contribution in [0.2, 0.25) is 0 Å². The van der Waals surface area contributed by atoms with E-state index in [0.29, 0.717) is 16.1 Å². The molecule has 0 radical (unpaired) electrons. The van der Waals surface area contributed by atoms with E-state index in [2.05, 4.69) is 10.3 Å². The van der Waals surface area contributed by atoms with Gasteiger partial charge in [0.1, 0.15) is 5.00 Å². The van der Waals surface area contributed by atoms with Crippen LogP contribution in [-0.2, 0) is 17.6 Å². The Morgan fingerprint density at radius 1 is 1.24 bits per heavy atom. The second-order valence-corrected chi connectivity index (χ2v) is 7.52. The Bertz CT molecular complexity index is 768. The summed E-state index contributed by atoms with van der Waals surface area (Å²) >= 11 is 1.50. The van der Waals surface area contributed by atoms with Gasteiger partial charge in [0.05, 0.1) is 17.2 Å². The van der Waals surface area contributed by atoms with Crippen molar-refractivity contribution in [3.05, 3.63) is 46.1 Å². The second kappa shape index (κ2) is 7.78. The second-order valence-electron chi connectivity index (χ2n) is 6.42. The Morgan fingerprint density at radius 3 is 2.76 bits per heavy atom. The van der Waals surface area contributed by atoms with E-state index >= 15 is 0 Å². The molecule has 0 spiro atoms. The number of aromatic nitrogens is 1. The highest BCUT2D eigenvalue weighted by Gasteiger charge is 2.27. The number of hydrogen-bond donors (Lipinski definition) is 1. The van der Waals surface area contributed by atoms with E-state index < -0.39 is 0 Å². The lowest BCUT2D eigenvalue weighted by Gasteiger charge is -2.11. The van der Waals surface area contributed by atoms with Gasteiger partial charge in [0.15, 0.2) is 0 Å². The summed E-state index contributed by atoms with van der Waals surface area (Å²) in [6, 6.07) is 3.42. The van der Waals surface area contributed by atoms with Crippen LogP contribution in [0, 0.1) is 0 Å². The third-order valence-corrected chi connectivity index (χ3v) is 5.33. The third-order valence-electron chi connectivity index (χ3n) is 4.12. The van der Waals surface area contributed by atoms with Crippen molar-refractivity contribution in [2.75, 3.05) is 5.32 Å². The van der Waals surface area contributed by atoms with Gasteiger partial charge in [0.2, 0.25) is 0 Å². The smallest absolute Gasteiger partial charge is 0.341 e. The Hall–Kier alpha value is -2.21. The van der Waals surface area contributed by atoms with Crippen LogP contribution in [0.4, 0.5) is 5.00 Å². The van der Waals surface area contributed by atoms with Crippen LogP contribution >= 0.6 is 11.3 Å². The number of ether oxygens (including phenoxy) is 1. The van der Waals surface area contributed by atoms with Crippen LogP contribution in [0.5, 0.6) is 0 Å². The van der Waals surface area contributed by atoms with Crippen molar-refractivity contribution in [1.82, 2.24) is 4.98 Å². The zero-order chi connectivity index (χ0) is 17.8. The van der Waals surface area contributed by atoms with Gasteiger partial charge < -0.3 is 10.1 Å². The Morgan fingerprint density at radius 2 is 2.04 bits per heavy atom. The van der Waals surface area contributed by atoms with Crippen molar-refractivity contribution < 1.29 is 14.3 Å². The quantitative estimate of drug-likeness (QED) is 0.656. The molecule has 0 saturated heterocycles. The van der Waals surface area contributed by atoms with Crippen molar-refractivity contribution in [2.45, 2.75) is 52.1 Å². The molecule has 0 fully saturated rings. The summed E-state index contributed by atoms with van der Waals surface area (Å²) in [6.07, 6.45) is 8.08. The lowest BCUT2D eigenvalue weighted by Crippen LogP contribution is -2.17. The van der Waals surface area contributed by atoms with Crippen LogP contribution in [0.1, 0.15) is 64.3 Å². The largest absolute Gasteiger partial charge is 0.459 e. The standard InChI is InChI=1S/C19H22N2O3S/c1-12(2)24-19(23)16-14-8-4-3-5-9-15(14)25-18(16)21-17(22)13-7-6-10-20-11-13/h6-7,10-12H,3-5,8-9H2,1-2H3,(H,21,22). The zero-order valence-corrected chi connectivity index (χ0v) is 15.3. The molecule has 2 heterocycles. The molecule has 1 aliphatic carbocycles. The summed E-state index contributed by atoms with van der Waals surface area (Å²) in [5, 5.41) is 3.49. The minimum Gasteiger partial charge on any atom is -0.459 e. The fourth-order valence-electron chi connectivity index (χ4n) is 2.99. The molecule has 1 N–H and O–H groups in total. The van der Waals surface area contributed by atoms with Gasteiger partial charge in [-0.15, -0.1) is 11.3 Å². The summed E-state index contributed by atoms with van der Waals surface area (Å²) in [6.45, 7) is 3.66. The Kier molecular flexibility index (Phi) is 5.48. The van der Waals surface area contributed by atoms with Gasteiger partial charge in [0, 0.05) is 17.3 Å². The van der Waals surface area contributed by atoms with E-state index in [4.69, 9.17) is 4.74 Å². The summed E-state index contributed by atoms with van der Waals surface area (Å²) in [5.74, 6) is -0.612. The molecular weight excluding hydrogens is 336 g/mol. The maximum atomic E-state index is 12.7. The van der Waals surface area contributed by atoms with E-state index in [1.54, 1.807) is 18.3 Å². The Balaban J connectivity index is 1.94. The van der Waals surface area contributed by atoms with Gasteiger partial charge in [-0.3, -0.25) is 9.78 Å². The van der Waals surface area contributed by atoms with Gasteiger partial charge in [-0.05, 0) is 57.2 Å². The van der Waals surface area contributed by atoms with Gasteiger partial charge in [-0.1, -0.05) is 6.42 Å². The molecule has 1 amide bonds. The normalized spacial score (nSPS) is 13.9. The van der Waals surface area contributed by atoms with Gasteiger partial charge >= 0.3 is 5.97 Å². The number of pyridine rings is 1. The monoisotopic (exact) mass is 358 g/mol. The molecule has 0 atom stereocenters. The SMILES string of the molecule is CC(C)OC(=O)c1c(NC(=O)c2cccnc2)sc2c1CCCCC2. The van der Waals surface area contributed by atoms with Crippen molar-refractivity contribution in [3.8, 4) is 0 Å². The minimum absolute atomic E-state index is 0.198. The van der Waals surface area contributed by atoms with E-state index in [9.17, 15) is 9.59 Å². The average Bonchev–Trinajstić information content (AvgIpc) is 2.76. The summed E-state index contributed by atoms with van der Waals surface area (Å²) in [4.78, 5) is 30.3. The number of esters is 1. The molecule has 2 aromatic rings. The van der Waals surface area contributed by atoms with Crippen molar-refractivity contribution >= 4 is 28.2 Å². The molecule has 0 unspecified atom stereocenters. The van der Waals surface area contributed by atoms with Crippen LogP contribution < -0.4 is 5.32 Å². The number of amides is 1. The third kappa shape index (κ3) is 4.07. The number of carbonyl (C=O) groups excluding carboxylic acids is 2. The first-order valence-electron chi connectivity index (χ1n) is 8.63. The number of anilines is 1. The molecule has 6 heteroatoms. The maximum absolute atomic E-state index is 12.7. The Labute approximate surface area is 151 Å². The van der Waals surface area contributed by atoms with Crippen molar-refractivity contribution in [3.63, 3.8) is 0 Å². The summed E-state index contributed by atoms with van der Waals surface area (Å²) in [7, 11) is 0. The van der Waals surface area contributed by atoms with Gasteiger partial charge in [-0.25, -0.2) is 4.79 Å². The maximum Gasteiger partial charge on any atom is 0.341 e. The molecule has 25 heavy (non-hydrogen) atoms. The minimum atomic E-state index is -0.351. The fourth-order valence-corrected chi connectivity index (χ4v) is 4.26. The zero-order valence-electron chi connectivity index (χ0n) is 14.5. The highest BCUT2D eigenvalue weighted by Crippen LogP contribution is 2.38. The molecule has 1 aliphatic rings. The highest BCUT2D eigenvalue weighted by molar-refractivity contribution is 7.17. The first kappa shape index (κ1) is 17.6. The number of thiophene rings is 1. The molecular formula is C19H22N2O3S. The summed E-state index contributed by atoms with van der Waals surface area (Å²) < 4.78 is 5.43. The number of rotatable bonds is 4. The molecule has 0 aliphatic heterocycles. The lowest BCUT2D eigenvalue weighted by molar-refractivity contribution is 0.0378. The van der Waals surface area contributed by atoms with Gasteiger partial charge in [-0.2, -0.15) is 0 Å².